The van der Waals surface area contributed by atoms with Crippen molar-refractivity contribution in [2.45, 2.75) is 12.8 Å². The predicted molar refractivity (Wildman–Crippen MR) is 69.0 cm³/mol. The molecule has 0 saturated heterocycles. The monoisotopic (exact) mass is 262 g/mol. The van der Waals surface area contributed by atoms with Crippen LogP contribution in [0.2, 0.25) is 5.15 Å². The first-order chi connectivity index (χ1) is 8.74. The molecule has 3 rings (SSSR count). The van der Waals surface area contributed by atoms with Gasteiger partial charge in [0.2, 0.25) is 11.9 Å². The van der Waals surface area contributed by atoms with Gasteiger partial charge in [0.1, 0.15) is 5.15 Å². The number of hydrogen-bond acceptors (Lipinski definition) is 4. The number of fused-ring (bicyclic) bond motifs is 1. The van der Waals surface area contributed by atoms with Gasteiger partial charge in [-0.1, -0.05) is 23.7 Å². The van der Waals surface area contributed by atoms with Gasteiger partial charge in [-0.3, -0.25) is 15.6 Å². The van der Waals surface area contributed by atoms with Crippen molar-refractivity contribution in [3.63, 3.8) is 0 Å². The summed E-state index contributed by atoms with van der Waals surface area (Å²) in [6, 6.07) is 7.44. The molecule has 1 aromatic heterocycles. The summed E-state index contributed by atoms with van der Waals surface area (Å²) in [5.74, 6) is 0.406. The highest BCUT2D eigenvalue weighted by molar-refractivity contribution is 6.34. The van der Waals surface area contributed by atoms with Crippen LogP contribution in [-0.2, 0) is 4.79 Å². The van der Waals surface area contributed by atoms with Gasteiger partial charge in [0.05, 0.1) is 5.52 Å². The summed E-state index contributed by atoms with van der Waals surface area (Å²) in [4.78, 5) is 19.8. The quantitative estimate of drug-likeness (QED) is 0.657. The molecule has 0 spiro atoms. The van der Waals surface area contributed by atoms with Crippen molar-refractivity contribution in [2.75, 3.05) is 5.43 Å². The van der Waals surface area contributed by atoms with E-state index in [2.05, 4.69) is 20.8 Å². The Hall–Kier alpha value is -1.88. The summed E-state index contributed by atoms with van der Waals surface area (Å²) in [6.07, 6.45) is 1.90. The molecule has 1 amide bonds. The van der Waals surface area contributed by atoms with Gasteiger partial charge in [0.25, 0.3) is 0 Å². The minimum absolute atomic E-state index is 0.0251. The van der Waals surface area contributed by atoms with Crippen LogP contribution >= 0.6 is 11.6 Å². The van der Waals surface area contributed by atoms with Crippen LogP contribution in [0, 0.1) is 5.92 Å². The summed E-state index contributed by atoms with van der Waals surface area (Å²) in [5, 5.41) is 1.15. The summed E-state index contributed by atoms with van der Waals surface area (Å²) in [7, 11) is 0. The van der Waals surface area contributed by atoms with E-state index in [0.717, 1.165) is 23.7 Å². The van der Waals surface area contributed by atoms with Crippen molar-refractivity contribution in [1.29, 1.82) is 0 Å². The second-order valence-corrected chi connectivity index (χ2v) is 4.60. The van der Waals surface area contributed by atoms with Crippen molar-refractivity contribution in [3.8, 4) is 0 Å². The van der Waals surface area contributed by atoms with Crippen molar-refractivity contribution >= 4 is 34.4 Å². The number of carbonyl (C=O) groups excluding carboxylic acids is 1. The SMILES string of the molecule is O=C(NNc1nc(Cl)c2ccccc2n1)C1CC1. The maximum atomic E-state index is 11.5. The Labute approximate surface area is 109 Å². The molecule has 2 N–H and O–H groups in total. The second-order valence-electron chi connectivity index (χ2n) is 4.24. The maximum absolute atomic E-state index is 11.5. The van der Waals surface area contributed by atoms with E-state index >= 15 is 0 Å². The zero-order chi connectivity index (χ0) is 12.5. The molecule has 2 aromatic rings. The maximum Gasteiger partial charge on any atom is 0.243 e. The molecule has 0 radical (unpaired) electrons. The number of rotatable bonds is 3. The van der Waals surface area contributed by atoms with Crippen molar-refractivity contribution in [1.82, 2.24) is 15.4 Å². The molecule has 1 aliphatic carbocycles. The van der Waals surface area contributed by atoms with E-state index in [0.29, 0.717) is 11.1 Å². The van der Waals surface area contributed by atoms with E-state index < -0.39 is 0 Å². The zero-order valence-corrected chi connectivity index (χ0v) is 10.2. The van der Waals surface area contributed by atoms with Gasteiger partial charge in [-0.15, -0.1) is 0 Å². The number of nitrogens with one attached hydrogen (secondary N) is 2. The number of benzene rings is 1. The van der Waals surface area contributed by atoms with Gasteiger partial charge in [-0.05, 0) is 25.0 Å². The molecule has 1 aliphatic rings. The summed E-state index contributed by atoms with van der Waals surface area (Å²) >= 11 is 6.05. The Morgan fingerprint density at radius 2 is 2.06 bits per heavy atom. The number of aromatic nitrogens is 2. The number of hydrazine groups is 1. The molecular formula is C12H11ClN4O. The van der Waals surface area contributed by atoms with Crippen LogP contribution in [0.3, 0.4) is 0 Å². The van der Waals surface area contributed by atoms with Crippen LogP contribution < -0.4 is 10.9 Å². The molecule has 18 heavy (non-hydrogen) atoms. The first-order valence-electron chi connectivity index (χ1n) is 5.72. The Balaban J connectivity index is 1.81. The summed E-state index contributed by atoms with van der Waals surface area (Å²) < 4.78 is 0. The number of halogens is 1. The van der Waals surface area contributed by atoms with Gasteiger partial charge >= 0.3 is 0 Å². The standard InChI is InChI=1S/C12H11ClN4O/c13-10-8-3-1-2-4-9(8)14-12(15-10)17-16-11(18)7-5-6-7/h1-4,7H,5-6H2,(H,16,18)(H,14,15,17). The number of nitrogens with zero attached hydrogens (tertiary/aromatic N) is 2. The van der Waals surface area contributed by atoms with E-state index in [1.54, 1.807) is 0 Å². The normalized spacial score (nSPS) is 14.5. The molecular weight excluding hydrogens is 252 g/mol. The average Bonchev–Trinajstić information content (AvgIpc) is 3.20. The highest BCUT2D eigenvalue weighted by Crippen LogP contribution is 2.28. The molecule has 0 bridgehead atoms. The Bertz CT molecular complexity index is 612. The van der Waals surface area contributed by atoms with Crippen LogP contribution in [0.15, 0.2) is 24.3 Å². The van der Waals surface area contributed by atoms with Gasteiger partial charge in [0, 0.05) is 11.3 Å². The number of anilines is 1. The second kappa shape index (κ2) is 4.42. The molecule has 1 heterocycles. The Morgan fingerprint density at radius 1 is 1.28 bits per heavy atom. The third-order valence-electron chi connectivity index (χ3n) is 2.80. The third-order valence-corrected chi connectivity index (χ3v) is 3.09. The molecule has 0 atom stereocenters. The first-order valence-corrected chi connectivity index (χ1v) is 6.10. The highest BCUT2D eigenvalue weighted by atomic mass is 35.5. The van der Waals surface area contributed by atoms with E-state index in [9.17, 15) is 4.79 Å². The number of carbonyl (C=O) groups is 1. The van der Waals surface area contributed by atoms with Crippen LogP contribution in [0.25, 0.3) is 10.9 Å². The fourth-order valence-electron chi connectivity index (χ4n) is 1.66. The van der Waals surface area contributed by atoms with Gasteiger partial charge in [0.15, 0.2) is 0 Å². The lowest BCUT2D eigenvalue weighted by Gasteiger charge is -2.07. The molecule has 92 valence electrons. The molecule has 5 nitrogen and oxygen atoms in total. The molecule has 0 unspecified atom stereocenters. The minimum Gasteiger partial charge on any atom is -0.273 e. The fourth-order valence-corrected chi connectivity index (χ4v) is 1.90. The lowest BCUT2D eigenvalue weighted by Crippen LogP contribution is -2.31. The first kappa shape index (κ1) is 11.2. The Kier molecular flexibility index (Phi) is 2.76. The van der Waals surface area contributed by atoms with Crippen molar-refractivity contribution < 1.29 is 4.79 Å². The van der Waals surface area contributed by atoms with E-state index in [4.69, 9.17) is 11.6 Å². The lowest BCUT2D eigenvalue weighted by atomic mass is 10.2. The average molecular weight is 263 g/mol. The van der Waals surface area contributed by atoms with Crippen LogP contribution in [0.4, 0.5) is 5.95 Å². The van der Waals surface area contributed by atoms with Gasteiger partial charge in [-0.2, -0.15) is 4.98 Å². The summed E-state index contributed by atoms with van der Waals surface area (Å²) in [6.45, 7) is 0. The summed E-state index contributed by atoms with van der Waals surface area (Å²) in [5.41, 5.74) is 6.01. The number of amides is 1. The smallest absolute Gasteiger partial charge is 0.243 e. The predicted octanol–water partition coefficient (Wildman–Crippen LogP) is 2.14. The van der Waals surface area contributed by atoms with E-state index in [1.807, 2.05) is 24.3 Å². The van der Waals surface area contributed by atoms with Crippen molar-refractivity contribution in [2.24, 2.45) is 5.92 Å². The molecule has 1 saturated carbocycles. The minimum atomic E-state index is -0.0251. The van der Waals surface area contributed by atoms with Gasteiger partial charge in [-0.25, -0.2) is 4.98 Å². The topological polar surface area (TPSA) is 66.9 Å². The highest BCUT2D eigenvalue weighted by Gasteiger charge is 2.29. The van der Waals surface area contributed by atoms with Gasteiger partial charge < -0.3 is 0 Å². The van der Waals surface area contributed by atoms with Crippen LogP contribution in [-0.4, -0.2) is 15.9 Å². The van der Waals surface area contributed by atoms with E-state index in [1.165, 1.54) is 0 Å². The zero-order valence-electron chi connectivity index (χ0n) is 9.48. The lowest BCUT2D eigenvalue weighted by molar-refractivity contribution is -0.121. The molecule has 1 fully saturated rings. The molecule has 1 aromatic carbocycles. The number of hydrogen-bond donors (Lipinski definition) is 2. The molecule has 0 aliphatic heterocycles. The van der Waals surface area contributed by atoms with E-state index in [-0.39, 0.29) is 11.8 Å². The Morgan fingerprint density at radius 3 is 2.83 bits per heavy atom. The van der Waals surface area contributed by atoms with Crippen LogP contribution in [0.5, 0.6) is 0 Å². The largest absolute Gasteiger partial charge is 0.273 e. The number of para-hydroxylation sites is 1. The third kappa shape index (κ3) is 2.22. The van der Waals surface area contributed by atoms with Crippen molar-refractivity contribution in [3.05, 3.63) is 29.4 Å². The fraction of sp³-hybridized carbons (Fsp3) is 0.250. The molecule has 6 heteroatoms. The van der Waals surface area contributed by atoms with Crippen LogP contribution in [0.1, 0.15) is 12.8 Å².